The molecule has 0 bridgehead atoms. The molecule has 0 spiro atoms. The first-order chi connectivity index (χ1) is 9.54. The highest BCUT2D eigenvalue weighted by atomic mass is 32.1. The number of nitrogens with one attached hydrogen (secondary N) is 1. The van der Waals surface area contributed by atoms with Gasteiger partial charge in [0, 0.05) is 4.70 Å². The molecule has 3 aromatic rings. The van der Waals surface area contributed by atoms with E-state index in [0.717, 1.165) is 20.7 Å². The molecule has 102 valence electrons. The Labute approximate surface area is 122 Å². The minimum Gasteiger partial charge on any atom is -0.296 e. The molecule has 4 nitrogen and oxygen atoms in total. The molecule has 1 aromatic carbocycles. The molecule has 0 atom stereocenters. The third-order valence-corrected chi connectivity index (χ3v) is 4.88. The normalized spacial score (nSPS) is 10.9. The minimum atomic E-state index is -0.301. The maximum Gasteiger partial charge on any atom is 0.267 e. The van der Waals surface area contributed by atoms with Crippen molar-refractivity contribution in [2.24, 2.45) is 0 Å². The van der Waals surface area contributed by atoms with Gasteiger partial charge in [0.25, 0.3) is 5.91 Å². The van der Waals surface area contributed by atoms with Crippen molar-refractivity contribution in [1.82, 2.24) is 10.2 Å². The van der Waals surface area contributed by atoms with Gasteiger partial charge in [-0.25, -0.2) is 4.39 Å². The molecule has 2 heterocycles. The summed E-state index contributed by atoms with van der Waals surface area (Å²) in [5, 5.41) is 12.5. The number of nitrogens with zero attached hydrogens (tertiary/aromatic N) is 2. The molecule has 0 unspecified atom stereocenters. The van der Waals surface area contributed by atoms with Crippen LogP contribution in [0.2, 0.25) is 0 Å². The molecule has 20 heavy (non-hydrogen) atoms. The number of rotatable bonds is 2. The van der Waals surface area contributed by atoms with Crippen LogP contribution in [-0.2, 0) is 0 Å². The van der Waals surface area contributed by atoms with E-state index in [1.54, 1.807) is 6.07 Å². The lowest BCUT2D eigenvalue weighted by Crippen LogP contribution is -2.11. The Kier molecular flexibility index (Phi) is 3.23. The average Bonchev–Trinajstić information content (AvgIpc) is 2.94. The summed E-state index contributed by atoms with van der Waals surface area (Å²) in [7, 11) is 0. The molecule has 1 amide bonds. The van der Waals surface area contributed by atoms with Gasteiger partial charge in [-0.1, -0.05) is 11.3 Å². The van der Waals surface area contributed by atoms with Gasteiger partial charge in [-0.05, 0) is 43.0 Å². The Morgan fingerprint density at radius 1 is 1.25 bits per heavy atom. The SMILES string of the molecule is Cc1nnc(NC(=O)c2sc3ccc(F)cc3c2C)s1. The maximum absolute atomic E-state index is 13.3. The first-order valence-corrected chi connectivity index (χ1v) is 7.48. The molecule has 0 radical (unpaired) electrons. The van der Waals surface area contributed by atoms with E-state index in [1.165, 1.54) is 34.8 Å². The topological polar surface area (TPSA) is 54.9 Å². The molecule has 2 aromatic heterocycles. The Balaban J connectivity index is 1.97. The van der Waals surface area contributed by atoms with E-state index in [0.29, 0.717) is 10.0 Å². The third-order valence-electron chi connectivity index (χ3n) is 2.85. The fraction of sp³-hybridized carbons (Fsp3) is 0.154. The monoisotopic (exact) mass is 307 g/mol. The third kappa shape index (κ3) is 2.30. The standard InChI is InChI=1S/C13H10FN3OS2/c1-6-9-5-8(14)3-4-10(9)20-11(6)12(18)15-13-17-16-7(2)19-13/h3-5H,1-2H3,(H,15,17,18). The van der Waals surface area contributed by atoms with E-state index in [-0.39, 0.29) is 11.7 Å². The first-order valence-electron chi connectivity index (χ1n) is 5.84. The summed E-state index contributed by atoms with van der Waals surface area (Å²) < 4.78 is 14.2. The van der Waals surface area contributed by atoms with Crippen molar-refractivity contribution >= 4 is 43.8 Å². The van der Waals surface area contributed by atoms with Gasteiger partial charge in [-0.2, -0.15) is 0 Å². The fourth-order valence-electron chi connectivity index (χ4n) is 1.91. The van der Waals surface area contributed by atoms with E-state index in [9.17, 15) is 9.18 Å². The molecule has 0 aliphatic carbocycles. The molecule has 0 saturated heterocycles. The van der Waals surface area contributed by atoms with Crippen molar-refractivity contribution in [3.8, 4) is 0 Å². The number of amides is 1. The second-order valence-corrected chi connectivity index (χ2v) is 6.51. The number of aryl methyl sites for hydroxylation is 2. The summed E-state index contributed by atoms with van der Waals surface area (Å²) in [6, 6.07) is 4.54. The van der Waals surface area contributed by atoms with Gasteiger partial charge in [-0.3, -0.25) is 10.1 Å². The van der Waals surface area contributed by atoms with Crippen LogP contribution in [0.5, 0.6) is 0 Å². The Morgan fingerprint density at radius 2 is 2.05 bits per heavy atom. The van der Waals surface area contributed by atoms with Crippen molar-refractivity contribution in [2.75, 3.05) is 5.32 Å². The van der Waals surface area contributed by atoms with Crippen molar-refractivity contribution < 1.29 is 9.18 Å². The van der Waals surface area contributed by atoms with Crippen LogP contribution in [0.1, 0.15) is 20.2 Å². The minimum absolute atomic E-state index is 0.236. The highest BCUT2D eigenvalue weighted by molar-refractivity contribution is 7.21. The fourth-order valence-corrected chi connectivity index (χ4v) is 3.58. The molecule has 0 aliphatic rings. The number of aromatic nitrogens is 2. The zero-order chi connectivity index (χ0) is 14.3. The second kappa shape index (κ2) is 4.92. The highest BCUT2D eigenvalue weighted by Gasteiger charge is 2.17. The number of carbonyl (C=O) groups excluding carboxylic acids is 1. The first kappa shape index (κ1) is 13.1. The molecule has 0 fully saturated rings. The number of hydrogen-bond donors (Lipinski definition) is 1. The lowest BCUT2D eigenvalue weighted by Gasteiger charge is -1.99. The predicted octanol–water partition coefficient (Wildman–Crippen LogP) is 3.76. The number of thiophene rings is 1. The van der Waals surface area contributed by atoms with Crippen LogP contribution < -0.4 is 5.32 Å². The predicted molar refractivity (Wildman–Crippen MR) is 79.1 cm³/mol. The van der Waals surface area contributed by atoms with Gasteiger partial charge in [0.1, 0.15) is 10.8 Å². The lowest BCUT2D eigenvalue weighted by molar-refractivity contribution is 0.103. The molecular weight excluding hydrogens is 297 g/mol. The number of benzene rings is 1. The van der Waals surface area contributed by atoms with Gasteiger partial charge < -0.3 is 0 Å². The average molecular weight is 307 g/mol. The quantitative estimate of drug-likeness (QED) is 0.784. The van der Waals surface area contributed by atoms with Gasteiger partial charge in [-0.15, -0.1) is 21.5 Å². The molecule has 3 rings (SSSR count). The molecular formula is C13H10FN3OS2. The number of hydrogen-bond acceptors (Lipinski definition) is 5. The maximum atomic E-state index is 13.3. The second-order valence-electron chi connectivity index (χ2n) is 4.28. The largest absolute Gasteiger partial charge is 0.296 e. The van der Waals surface area contributed by atoms with Gasteiger partial charge in [0.2, 0.25) is 5.13 Å². The van der Waals surface area contributed by atoms with E-state index in [4.69, 9.17) is 0 Å². The van der Waals surface area contributed by atoms with Gasteiger partial charge in [0.15, 0.2) is 0 Å². The molecule has 7 heteroatoms. The van der Waals surface area contributed by atoms with Crippen molar-refractivity contribution in [2.45, 2.75) is 13.8 Å². The summed E-state index contributed by atoms with van der Waals surface area (Å²) in [5.74, 6) is -0.537. The molecule has 0 saturated carbocycles. The van der Waals surface area contributed by atoms with E-state index >= 15 is 0 Å². The number of fused-ring (bicyclic) bond motifs is 1. The summed E-state index contributed by atoms with van der Waals surface area (Å²) in [6.45, 7) is 3.64. The van der Waals surface area contributed by atoms with Crippen LogP contribution in [0.3, 0.4) is 0 Å². The lowest BCUT2D eigenvalue weighted by atomic mass is 10.1. The van der Waals surface area contributed by atoms with Gasteiger partial charge >= 0.3 is 0 Å². The Hall–Kier alpha value is -1.86. The van der Waals surface area contributed by atoms with Crippen molar-refractivity contribution in [3.05, 3.63) is 39.5 Å². The summed E-state index contributed by atoms with van der Waals surface area (Å²) in [5.41, 5.74) is 0.781. The Bertz CT molecular complexity index is 809. The molecule has 1 N–H and O–H groups in total. The summed E-state index contributed by atoms with van der Waals surface area (Å²) in [4.78, 5) is 12.8. The van der Waals surface area contributed by atoms with Crippen molar-refractivity contribution in [3.63, 3.8) is 0 Å². The van der Waals surface area contributed by atoms with Crippen LogP contribution in [0, 0.1) is 19.7 Å². The van der Waals surface area contributed by atoms with Crippen LogP contribution >= 0.6 is 22.7 Å². The number of anilines is 1. The number of carbonyl (C=O) groups is 1. The van der Waals surface area contributed by atoms with E-state index < -0.39 is 0 Å². The van der Waals surface area contributed by atoms with Crippen LogP contribution in [0.25, 0.3) is 10.1 Å². The van der Waals surface area contributed by atoms with E-state index in [1.807, 2.05) is 13.8 Å². The Morgan fingerprint density at radius 3 is 2.75 bits per heavy atom. The molecule has 0 aliphatic heterocycles. The van der Waals surface area contributed by atoms with Crippen LogP contribution in [0.15, 0.2) is 18.2 Å². The smallest absolute Gasteiger partial charge is 0.267 e. The summed E-state index contributed by atoms with van der Waals surface area (Å²) in [6.07, 6.45) is 0. The van der Waals surface area contributed by atoms with E-state index in [2.05, 4.69) is 15.5 Å². The zero-order valence-corrected chi connectivity index (χ0v) is 12.4. The van der Waals surface area contributed by atoms with Crippen LogP contribution in [-0.4, -0.2) is 16.1 Å². The van der Waals surface area contributed by atoms with Crippen LogP contribution in [0.4, 0.5) is 9.52 Å². The number of halogens is 1. The van der Waals surface area contributed by atoms with Gasteiger partial charge in [0.05, 0.1) is 4.88 Å². The highest BCUT2D eigenvalue weighted by Crippen LogP contribution is 2.32. The zero-order valence-electron chi connectivity index (χ0n) is 10.7. The van der Waals surface area contributed by atoms with Crippen molar-refractivity contribution in [1.29, 1.82) is 0 Å². The summed E-state index contributed by atoms with van der Waals surface area (Å²) >= 11 is 2.66.